The third kappa shape index (κ3) is 4.26. The molecule has 0 saturated heterocycles. The van der Waals surface area contributed by atoms with Gasteiger partial charge in [-0.25, -0.2) is 4.79 Å². The van der Waals surface area contributed by atoms with Crippen molar-refractivity contribution in [2.24, 2.45) is 11.8 Å². The van der Waals surface area contributed by atoms with Gasteiger partial charge in [0.05, 0.1) is 18.1 Å². The second kappa shape index (κ2) is 7.50. The van der Waals surface area contributed by atoms with E-state index in [-0.39, 0.29) is 47.0 Å². The van der Waals surface area contributed by atoms with Gasteiger partial charge in [0.15, 0.2) is 12.4 Å². The highest BCUT2D eigenvalue weighted by Crippen LogP contribution is 2.38. The van der Waals surface area contributed by atoms with Crippen molar-refractivity contribution in [3.8, 4) is 0 Å². The summed E-state index contributed by atoms with van der Waals surface area (Å²) in [4.78, 5) is 47.5. The van der Waals surface area contributed by atoms with Crippen LogP contribution < -0.4 is 5.32 Å². The van der Waals surface area contributed by atoms with Gasteiger partial charge < -0.3 is 13.9 Å². The summed E-state index contributed by atoms with van der Waals surface area (Å²) in [6.45, 7) is 5.93. The highest BCUT2D eigenvalue weighted by atomic mass is 16.5. The lowest BCUT2D eigenvalue weighted by Gasteiger charge is -2.07. The topological polar surface area (TPSA) is 112 Å². The molecule has 2 unspecified atom stereocenters. The Kier molecular flexibility index (Phi) is 5.61. The molecule has 25 heavy (non-hydrogen) atoms. The number of ether oxygens (including phenoxy) is 2. The van der Waals surface area contributed by atoms with Gasteiger partial charge in [-0.2, -0.15) is 0 Å². The van der Waals surface area contributed by atoms with Gasteiger partial charge in [-0.1, -0.05) is 6.92 Å². The van der Waals surface area contributed by atoms with Crippen LogP contribution in [-0.2, 0) is 19.1 Å². The summed E-state index contributed by atoms with van der Waals surface area (Å²) in [6, 6.07) is 0. The van der Waals surface area contributed by atoms with E-state index in [2.05, 4.69) is 5.32 Å². The Labute approximate surface area is 144 Å². The normalized spacial score (nSPS) is 18.4. The Morgan fingerprint density at radius 3 is 2.36 bits per heavy atom. The number of hydrogen-bond donors (Lipinski definition) is 1. The van der Waals surface area contributed by atoms with E-state index in [1.54, 1.807) is 6.92 Å². The van der Waals surface area contributed by atoms with Crippen molar-refractivity contribution < 1.29 is 33.1 Å². The first-order valence-corrected chi connectivity index (χ1v) is 8.04. The van der Waals surface area contributed by atoms with Crippen LogP contribution in [0.1, 0.15) is 53.7 Å². The lowest BCUT2D eigenvalue weighted by Crippen LogP contribution is -2.23. The summed E-state index contributed by atoms with van der Waals surface area (Å²) >= 11 is 0. The molecule has 136 valence electrons. The molecular formula is C17H21NO7. The molecule has 1 aliphatic rings. The average molecular weight is 351 g/mol. The SMILES string of the molecule is CCOC(=O)c1c(NC(=O)COC(=O)C2CC2C)oc(C)c1C(C)=O. The summed E-state index contributed by atoms with van der Waals surface area (Å²) in [6.07, 6.45) is 0.757. The van der Waals surface area contributed by atoms with Crippen LogP contribution in [0.2, 0.25) is 0 Å². The van der Waals surface area contributed by atoms with Gasteiger partial charge >= 0.3 is 11.9 Å². The first kappa shape index (κ1) is 18.7. The number of carbonyl (C=O) groups is 4. The molecule has 0 spiro atoms. The molecule has 1 aromatic rings. The Bertz CT molecular complexity index is 719. The van der Waals surface area contributed by atoms with Crippen LogP contribution in [0.4, 0.5) is 5.88 Å². The van der Waals surface area contributed by atoms with Crippen LogP contribution in [-0.4, -0.2) is 36.8 Å². The summed E-state index contributed by atoms with van der Waals surface area (Å²) in [7, 11) is 0. The molecule has 1 aromatic heterocycles. The van der Waals surface area contributed by atoms with Crippen molar-refractivity contribution >= 4 is 29.5 Å². The third-order valence-corrected chi connectivity index (χ3v) is 3.93. The highest BCUT2D eigenvalue weighted by molar-refractivity contribution is 6.10. The van der Waals surface area contributed by atoms with Crippen molar-refractivity contribution in [1.82, 2.24) is 0 Å². The van der Waals surface area contributed by atoms with E-state index in [0.717, 1.165) is 6.42 Å². The first-order valence-electron chi connectivity index (χ1n) is 8.04. The zero-order chi connectivity index (χ0) is 18.7. The van der Waals surface area contributed by atoms with Gasteiger partial charge in [0.1, 0.15) is 11.3 Å². The fourth-order valence-electron chi connectivity index (χ4n) is 2.51. The maximum absolute atomic E-state index is 12.1. The zero-order valence-electron chi connectivity index (χ0n) is 14.6. The number of aryl methyl sites for hydroxylation is 1. The van der Waals surface area contributed by atoms with Gasteiger partial charge in [0, 0.05) is 0 Å². The molecule has 2 atom stereocenters. The van der Waals surface area contributed by atoms with E-state index < -0.39 is 24.5 Å². The molecule has 8 nitrogen and oxygen atoms in total. The van der Waals surface area contributed by atoms with E-state index in [0.29, 0.717) is 0 Å². The fourth-order valence-corrected chi connectivity index (χ4v) is 2.51. The number of rotatable bonds is 7. The summed E-state index contributed by atoms with van der Waals surface area (Å²) in [5.41, 5.74) is -0.0834. The molecule has 0 aliphatic heterocycles. The molecule has 1 saturated carbocycles. The Morgan fingerprint density at radius 1 is 1.20 bits per heavy atom. The van der Waals surface area contributed by atoms with E-state index in [1.165, 1.54) is 13.8 Å². The Morgan fingerprint density at radius 2 is 1.84 bits per heavy atom. The lowest BCUT2D eigenvalue weighted by molar-refractivity contribution is -0.148. The Balaban J connectivity index is 2.11. The maximum atomic E-state index is 12.1. The van der Waals surface area contributed by atoms with Crippen molar-refractivity contribution in [3.05, 3.63) is 16.9 Å². The van der Waals surface area contributed by atoms with Crippen LogP contribution in [0.25, 0.3) is 0 Å². The van der Waals surface area contributed by atoms with Gasteiger partial charge in [0.25, 0.3) is 5.91 Å². The fraction of sp³-hybridized carbons (Fsp3) is 0.529. The van der Waals surface area contributed by atoms with E-state index in [4.69, 9.17) is 13.9 Å². The largest absolute Gasteiger partial charge is 0.462 e. The zero-order valence-corrected chi connectivity index (χ0v) is 14.6. The molecular weight excluding hydrogens is 330 g/mol. The highest BCUT2D eigenvalue weighted by Gasteiger charge is 2.40. The molecule has 2 rings (SSSR count). The number of carbonyl (C=O) groups excluding carboxylic acids is 4. The van der Waals surface area contributed by atoms with Crippen molar-refractivity contribution in [3.63, 3.8) is 0 Å². The second-order valence-corrected chi connectivity index (χ2v) is 5.99. The monoisotopic (exact) mass is 351 g/mol. The van der Waals surface area contributed by atoms with E-state index in [1.807, 2.05) is 6.92 Å². The quantitative estimate of drug-likeness (QED) is 0.591. The Hall–Kier alpha value is -2.64. The molecule has 1 N–H and O–H groups in total. The third-order valence-electron chi connectivity index (χ3n) is 3.93. The van der Waals surface area contributed by atoms with Gasteiger partial charge in [-0.3, -0.25) is 19.7 Å². The molecule has 0 bridgehead atoms. The first-order chi connectivity index (χ1) is 11.8. The predicted octanol–water partition coefficient (Wildman–Crippen LogP) is 2.11. The molecule has 1 fully saturated rings. The van der Waals surface area contributed by atoms with Gasteiger partial charge in [-0.15, -0.1) is 0 Å². The molecule has 0 aromatic carbocycles. The summed E-state index contributed by atoms with van der Waals surface area (Å²) < 4.78 is 15.2. The average Bonchev–Trinajstić information content (AvgIpc) is 3.16. The molecule has 0 radical (unpaired) electrons. The number of ketones is 1. The van der Waals surface area contributed by atoms with Crippen LogP contribution in [0.3, 0.4) is 0 Å². The standard InChI is InChI=1S/C17H21NO7/c1-5-23-17(22)14-13(9(3)19)10(4)25-15(14)18-12(20)7-24-16(21)11-6-8(11)2/h8,11H,5-7H2,1-4H3,(H,18,20). The smallest absolute Gasteiger partial charge is 0.344 e. The molecule has 1 aliphatic carbocycles. The molecule has 8 heteroatoms. The minimum atomic E-state index is -0.774. The van der Waals surface area contributed by atoms with Gasteiger partial charge in [-0.05, 0) is 33.1 Å². The van der Waals surface area contributed by atoms with Crippen LogP contribution >= 0.6 is 0 Å². The number of amides is 1. The minimum Gasteiger partial charge on any atom is -0.462 e. The second-order valence-electron chi connectivity index (χ2n) is 5.99. The number of nitrogens with one attached hydrogen (secondary N) is 1. The number of hydrogen-bond acceptors (Lipinski definition) is 7. The molecule has 1 amide bonds. The number of Topliss-reactive ketones (excluding diaryl/α,β-unsaturated/α-hetero) is 1. The lowest BCUT2D eigenvalue weighted by atomic mass is 10.1. The summed E-state index contributed by atoms with van der Waals surface area (Å²) in [5, 5.41) is 2.36. The van der Waals surface area contributed by atoms with Crippen molar-refractivity contribution in [1.29, 1.82) is 0 Å². The maximum Gasteiger partial charge on any atom is 0.344 e. The van der Waals surface area contributed by atoms with Crippen molar-refractivity contribution in [2.45, 2.75) is 34.1 Å². The molecule has 1 heterocycles. The summed E-state index contributed by atoms with van der Waals surface area (Å²) in [5.74, 6) is -2.14. The minimum absolute atomic E-state index is 0.0533. The van der Waals surface area contributed by atoms with Crippen LogP contribution in [0.15, 0.2) is 4.42 Å². The number of esters is 2. The van der Waals surface area contributed by atoms with E-state index >= 15 is 0 Å². The number of furan rings is 1. The predicted molar refractivity (Wildman–Crippen MR) is 86.3 cm³/mol. The van der Waals surface area contributed by atoms with E-state index in [9.17, 15) is 19.2 Å². The van der Waals surface area contributed by atoms with Crippen molar-refractivity contribution in [2.75, 3.05) is 18.5 Å². The van der Waals surface area contributed by atoms with Crippen LogP contribution in [0, 0.1) is 18.8 Å². The number of anilines is 1. The van der Waals surface area contributed by atoms with Gasteiger partial charge in [0.2, 0.25) is 5.88 Å². The van der Waals surface area contributed by atoms with Crippen LogP contribution in [0.5, 0.6) is 0 Å².